The molecule has 0 unspecified atom stereocenters. The minimum Gasteiger partial charge on any atom is -0.399 e. The molecule has 4 N–H and O–H groups in total. The minimum absolute atomic E-state index is 0.0532. The number of rotatable bonds is 2. The van der Waals surface area contributed by atoms with Crippen molar-refractivity contribution in [1.82, 2.24) is 0 Å². The Bertz CT molecular complexity index is 1320. The molecule has 0 atom stereocenters. The lowest BCUT2D eigenvalue weighted by molar-refractivity contribution is 0.617. The third-order valence-electron chi connectivity index (χ3n) is 3.37. The van der Waals surface area contributed by atoms with E-state index in [9.17, 15) is 8.78 Å². The fraction of sp³-hybridized carbons (Fsp3) is 0.0769. The third kappa shape index (κ3) is 12.2. The molecule has 0 aliphatic heterocycles. The van der Waals surface area contributed by atoms with Gasteiger partial charge in [0.2, 0.25) is 0 Å². The van der Waals surface area contributed by atoms with E-state index >= 15 is 0 Å². The van der Waals surface area contributed by atoms with E-state index in [0.717, 1.165) is 0 Å². The zero-order valence-electron chi connectivity index (χ0n) is 23.9. The van der Waals surface area contributed by atoms with E-state index in [4.69, 9.17) is 21.1 Å². The molecule has 168 valence electrons. The molecule has 0 aliphatic rings. The van der Waals surface area contributed by atoms with E-state index < -0.39 is 5.82 Å². The number of anilines is 2. The lowest BCUT2D eigenvalue weighted by Crippen LogP contribution is -1.81. The number of para-hydroxylation sites is 2. The first-order chi connectivity index (χ1) is 18.3. The van der Waals surface area contributed by atoms with E-state index in [0.29, 0.717) is 39.6 Å². The van der Waals surface area contributed by atoms with Crippen molar-refractivity contribution in [3.05, 3.63) is 132 Å². The molecule has 2 nitrogen and oxygen atoms in total. The SMILES string of the molecule is [2H]c1cc([2H])c(F)c(CBr)c1.[2H]c1cc([2H])c(N)c([2H])c1.[2H]c1ccc(F)c(CBr)c1.[2H]c1ccc(N)cc1. The van der Waals surface area contributed by atoms with Gasteiger partial charge < -0.3 is 11.5 Å². The van der Waals surface area contributed by atoms with Crippen LogP contribution in [0.3, 0.4) is 0 Å². The second-order valence-electron chi connectivity index (χ2n) is 5.71. The van der Waals surface area contributed by atoms with Crippen LogP contribution in [-0.4, -0.2) is 0 Å². The second-order valence-corrected chi connectivity index (χ2v) is 6.84. The highest BCUT2D eigenvalue weighted by molar-refractivity contribution is 9.08. The highest BCUT2D eigenvalue weighted by Gasteiger charge is 1.95. The number of nitrogen functional groups attached to an aromatic ring is 2. The number of alkyl halides is 2. The number of hydrogen-bond donors (Lipinski definition) is 2. The van der Waals surface area contributed by atoms with Crippen LogP contribution in [0, 0.1) is 11.6 Å². The van der Waals surface area contributed by atoms with Crippen molar-refractivity contribution in [1.29, 1.82) is 0 Å². The Morgan fingerprint density at radius 1 is 0.594 bits per heavy atom. The Morgan fingerprint density at radius 3 is 1.59 bits per heavy atom. The number of halogens is 4. The molecule has 0 aliphatic carbocycles. The van der Waals surface area contributed by atoms with Crippen LogP contribution in [0.15, 0.2) is 109 Å². The van der Waals surface area contributed by atoms with Crippen molar-refractivity contribution in [3.63, 3.8) is 0 Å². The van der Waals surface area contributed by atoms with Gasteiger partial charge in [-0.15, -0.1) is 0 Å². The lowest BCUT2D eigenvalue weighted by atomic mass is 10.2. The molecule has 4 aromatic rings. The maximum Gasteiger partial charge on any atom is 0.127 e. The summed E-state index contributed by atoms with van der Waals surface area (Å²) >= 11 is 6.19. The molecule has 0 heterocycles. The summed E-state index contributed by atoms with van der Waals surface area (Å²) in [6.45, 7) is 0. The summed E-state index contributed by atoms with van der Waals surface area (Å²) in [7, 11) is 0. The van der Waals surface area contributed by atoms with E-state index in [1.807, 2.05) is 0 Å². The quantitative estimate of drug-likeness (QED) is 0.189. The van der Waals surface area contributed by atoms with Crippen LogP contribution in [0.1, 0.15) is 20.7 Å². The van der Waals surface area contributed by atoms with Crippen LogP contribution in [0.25, 0.3) is 0 Å². The maximum absolute atomic E-state index is 12.9. The number of nitrogens with two attached hydrogens (primary N) is 2. The first-order valence-electron chi connectivity index (χ1n) is 12.6. The standard InChI is InChI=1S/2C7H6BrF.2C6H7N/c2*8-5-6-3-1-2-4-7(6)9;2*7-6-4-2-1-3-5-6/h2*1-4H,5H2;2*1-5H,7H2/i1D,4D;1D;1D,4D,5D;1D. The molecular weight excluding hydrogens is 538 g/mol. The summed E-state index contributed by atoms with van der Waals surface area (Å²) in [4.78, 5) is 0. The van der Waals surface area contributed by atoms with Crippen LogP contribution in [0.4, 0.5) is 20.2 Å². The highest BCUT2D eigenvalue weighted by atomic mass is 79.9. The van der Waals surface area contributed by atoms with Gasteiger partial charge in [0.05, 0.1) is 9.60 Å². The number of hydrogen-bond acceptors (Lipinski definition) is 2. The molecule has 0 saturated heterocycles. The smallest absolute Gasteiger partial charge is 0.127 e. The summed E-state index contributed by atoms with van der Waals surface area (Å²) in [5, 5.41) is 0.809. The number of benzene rings is 4. The zero-order chi connectivity index (χ0) is 29.7. The molecule has 0 spiro atoms. The molecule has 0 bridgehead atoms. The van der Waals surface area contributed by atoms with Crippen LogP contribution in [-0.2, 0) is 10.7 Å². The van der Waals surface area contributed by atoms with Crippen LogP contribution in [0.2, 0.25) is 0 Å². The van der Waals surface area contributed by atoms with Crippen molar-refractivity contribution in [2.75, 3.05) is 11.5 Å². The van der Waals surface area contributed by atoms with Gasteiger partial charge in [-0.25, -0.2) is 8.78 Å². The predicted molar refractivity (Wildman–Crippen MR) is 140 cm³/mol. The van der Waals surface area contributed by atoms with Gasteiger partial charge >= 0.3 is 0 Å². The largest absolute Gasteiger partial charge is 0.399 e. The molecule has 0 aromatic heterocycles. The highest BCUT2D eigenvalue weighted by Crippen LogP contribution is 2.10. The molecule has 0 amide bonds. The fourth-order valence-electron chi connectivity index (χ4n) is 1.77. The van der Waals surface area contributed by atoms with Gasteiger partial charge in [0.15, 0.2) is 0 Å². The van der Waals surface area contributed by atoms with E-state index in [2.05, 4.69) is 31.9 Å². The minimum atomic E-state index is -0.544. The van der Waals surface area contributed by atoms with Crippen LogP contribution < -0.4 is 11.5 Å². The van der Waals surface area contributed by atoms with E-state index in [-0.39, 0.29) is 41.7 Å². The Hall–Kier alpha value is -2.70. The van der Waals surface area contributed by atoms with Crippen molar-refractivity contribution in [2.45, 2.75) is 10.7 Å². The first-order valence-corrected chi connectivity index (χ1v) is 11.3. The summed E-state index contributed by atoms with van der Waals surface area (Å²) in [5.41, 5.74) is 12.4. The van der Waals surface area contributed by atoms with Gasteiger partial charge in [0.25, 0.3) is 0 Å². The van der Waals surface area contributed by atoms with Gasteiger partial charge in [-0.05, 0) is 47.5 Å². The molecule has 4 aromatic carbocycles. The van der Waals surface area contributed by atoms with Crippen LogP contribution >= 0.6 is 31.9 Å². The first kappa shape index (κ1) is 17.8. The van der Waals surface area contributed by atoms with Gasteiger partial charge in [0, 0.05) is 22.0 Å². The van der Waals surface area contributed by atoms with Crippen LogP contribution in [0.5, 0.6) is 0 Å². The Kier molecular flexibility index (Phi) is 9.42. The van der Waals surface area contributed by atoms with Crippen molar-refractivity contribution in [3.8, 4) is 0 Å². The summed E-state index contributed by atoms with van der Waals surface area (Å²) < 4.78 is 75.3. The van der Waals surface area contributed by atoms with E-state index in [1.165, 1.54) is 42.5 Å². The monoisotopic (exact) mass is 569 g/mol. The molecular formula is C26H26Br2F2N2. The molecule has 6 heteroatoms. The summed E-state index contributed by atoms with van der Waals surface area (Å²) in [6.07, 6.45) is 0. The topological polar surface area (TPSA) is 52.0 Å². The average Bonchev–Trinajstić information content (AvgIpc) is 2.89. The van der Waals surface area contributed by atoms with Gasteiger partial charge in [-0.2, -0.15) is 0 Å². The van der Waals surface area contributed by atoms with E-state index in [1.54, 1.807) is 24.3 Å². The van der Waals surface area contributed by atoms with Gasteiger partial charge in [-0.3, -0.25) is 0 Å². The van der Waals surface area contributed by atoms with Crippen molar-refractivity contribution < 1.29 is 18.4 Å². The Balaban J connectivity index is 0.000000261. The predicted octanol–water partition coefficient (Wildman–Crippen LogP) is 7.98. The lowest BCUT2D eigenvalue weighted by Gasteiger charge is -1.93. The van der Waals surface area contributed by atoms with Crippen molar-refractivity contribution in [2.24, 2.45) is 0 Å². The normalized spacial score (nSPS) is 12.2. The zero-order valence-corrected chi connectivity index (χ0v) is 20.1. The summed E-state index contributed by atoms with van der Waals surface area (Å²) in [5.74, 6) is -0.800. The Labute approximate surface area is 215 Å². The van der Waals surface area contributed by atoms with Crippen molar-refractivity contribution >= 4 is 43.2 Å². The second kappa shape index (κ2) is 16.9. The van der Waals surface area contributed by atoms with Gasteiger partial charge in [-0.1, -0.05) is 105 Å². The summed E-state index contributed by atoms with van der Waals surface area (Å²) in [6, 6.07) is 17.3. The average molecular weight is 571 g/mol. The maximum atomic E-state index is 12.9. The Morgan fingerprint density at radius 2 is 1.06 bits per heavy atom. The molecule has 4 rings (SSSR count). The third-order valence-corrected chi connectivity index (χ3v) is 4.57. The fourth-order valence-corrected chi connectivity index (χ4v) is 2.61. The van der Waals surface area contributed by atoms with Gasteiger partial charge in [0.1, 0.15) is 11.6 Å². The molecule has 0 fully saturated rings. The molecule has 0 saturated carbocycles. The molecule has 0 radical (unpaired) electrons. The molecule has 32 heavy (non-hydrogen) atoms.